The number of unbranched alkanes of at least 4 members (excludes halogenated alkanes) is 3. The zero-order valence-corrected chi connectivity index (χ0v) is 56.8. The highest BCUT2D eigenvalue weighted by molar-refractivity contribution is 6.47. The van der Waals surface area contributed by atoms with Gasteiger partial charge < -0.3 is 42.7 Å². The van der Waals surface area contributed by atoms with Gasteiger partial charge in [0.2, 0.25) is 5.78 Å². The van der Waals surface area contributed by atoms with Gasteiger partial charge >= 0.3 is 23.9 Å². The maximum Gasteiger partial charge on any atom is 0.332 e. The van der Waals surface area contributed by atoms with Gasteiger partial charge in [0, 0.05) is 146 Å². The van der Waals surface area contributed by atoms with Crippen molar-refractivity contribution in [1.82, 2.24) is 18.3 Å². The van der Waals surface area contributed by atoms with E-state index in [0.29, 0.717) is 45.9 Å². The third kappa shape index (κ3) is 18.4. The molecule has 11 rings (SSSR count). The molecule has 4 aromatic heterocycles. The van der Waals surface area contributed by atoms with Crippen molar-refractivity contribution in [3.05, 3.63) is 249 Å². The molecule has 506 valence electrons. The molecule has 4 heterocycles. The first-order valence-electron chi connectivity index (χ1n) is 31.9. The third-order valence-corrected chi connectivity index (χ3v) is 15.7. The Morgan fingerprint density at radius 3 is 1.73 bits per heavy atom. The van der Waals surface area contributed by atoms with E-state index in [2.05, 4.69) is 77.1 Å². The van der Waals surface area contributed by atoms with Crippen molar-refractivity contribution in [2.75, 3.05) is 6.61 Å². The van der Waals surface area contributed by atoms with E-state index in [-0.39, 0.29) is 23.8 Å². The molecule has 22 heteroatoms. The maximum atomic E-state index is 13.0. The van der Waals surface area contributed by atoms with Gasteiger partial charge in [0.05, 0.1) is 39.5 Å². The van der Waals surface area contributed by atoms with Crippen LogP contribution >= 0.6 is 0 Å². The Hall–Kier alpha value is -12.2. The van der Waals surface area contributed by atoms with E-state index in [9.17, 15) is 39.2 Å². The van der Waals surface area contributed by atoms with Crippen LogP contribution < -0.4 is 0 Å². The van der Waals surface area contributed by atoms with Gasteiger partial charge in [-0.25, -0.2) is 24.0 Å². The molecule has 11 aromatic rings. The van der Waals surface area contributed by atoms with Crippen LogP contribution in [0, 0.1) is 23.6 Å². The summed E-state index contributed by atoms with van der Waals surface area (Å²) in [5.41, 5.74) is 14.1. The van der Waals surface area contributed by atoms with Gasteiger partial charge in [-0.2, -0.15) is 0 Å². The average molecular weight is 1330 g/mol. The second-order valence-electron chi connectivity index (χ2n) is 23.0. The largest absolute Gasteiger partial charge is 0.396 e. The molecule has 0 saturated carbocycles. The Morgan fingerprint density at radius 2 is 1.11 bits per heavy atom. The molecular formula is C77H76N10O12. The number of aliphatic hydroxyl groups is 1. The van der Waals surface area contributed by atoms with Crippen molar-refractivity contribution in [3.8, 4) is 11.4 Å². The van der Waals surface area contributed by atoms with Crippen molar-refractivity contribution in [2.24, 2.45) is 34.7 Å². The molecule has 1 N–H and O–H groups in total. The van der Waals surface area contributed by atoms with E-state index in [1.165, 1.54) is 59.6 Å². The predicted molar refractivity (Wildman–Crippen MR) is 385 cm³/mol. The number of hydrogen-bond donors (Lipinski definition) is 1. The fraction of sp³-hybridized carbons (Fsp3) is 0.221. The number of nitrogens with zero attached hydrogens (tertiary/aromatic N) is 10. The Balaban J connectivity index is 0.000000170. The number of ketones is 1. The van der Waals surface area contributed by atoms with Crippen LogP contribution in [0.15, 0.2) is 209 Å². The number of para-hydroxylation sites is 3. The Bertz CT molecular complexity index is 4930. The van der Waals surface area contributed by atoms with Crippen LogP contribution in [0.5, 0.6) is 0 Å². The van der Waals surface area contributed by atoms with Crippen molar-refractivity contribution in [1.29, 1.82) is 0 Å². The van der Waals surface area contributed by atoms with Gasteiger partial charge in [-0.15, -0.1) is 0 Å². The number of non-ortho nitro benzene ring substituents is 1. The molecule has 0 saturated heterocycles. The molecule has 0 atom stereocenters. The number of carbonyl (C=O) groups excluding carboxylic acids is 5. The molecule has 22 nitrogen and oxygen atoms in total. The molecule has 99 heavy (non-hydrogen) atoms. The molecule has 0 aliphatic heterocycles. The van der Waals surface area contributed by atoms with E-state index in [4.69, 9.17) is 16.2 Å². The number of carbonyl (C=O) groups is 5. The molecule has 0 bridgehead atoms. The summed E-state index contributed by atoms with van der Waals surface area (Å²) in [4.78, 5) is 90.3. The second-order valence-corrected chi connectivity index (χ2v) is 23.0. The summed E-state index contributed by atoms with van der Waals surface area (Å²) in [6, 6.07) is 53.1. The normalized spacial score (nSPS) is 11.6. The van der Waals surface area contributed by atoms with Gasteiger partial charge in [0.25, 0.3) is 5.69 Å². The number of nitro benzene ring substituents is 1. The molecule has 0 aliphatic rings. The highest BCUT2D eigenvalue weighted by Crippen LogP contribution is 2.33. The fourth-order valence-corrected chi connectivity index (χ4v) is 11.1. The minimum absolute atomic E-state index is 0.0153. The first-order chi connectivity index (χ1) is 47.6. The fourth-order valence-electron chi connectivity index (χ4n) is 11.1. The summed E-state index contributed by atoms with van der Waals surface area (Å²) in [7, 11) is 3.88. The molecule has 0 unspecified atom stereocenters. The van der Waals surface area contributed by atoms with Crippen molar-refractivity contribution < 1.29 is 53.4 Å². The molecule has 0 fully saturated rings. The van der Waals surface area contributed by atoms with Gasteiger partial charge in [0.15, 0.2) is 5.69 Å². The van der Waals surface area contributed by atoms with Crippen LogP contribution in [0.3, 0.4) is 0 Å². The number of aryl methyl sites for hydroxylation is 2. The summed E-state index contributed by atoms with van der Waals surface area (Å²) in [6.45, 7) is 19.6. The number of oxime groups is 4. The SMILES string of the molecule is CC(=O)O/N=C(\C)C(=O)c1c(C)n(-c2ccc([N+](=O)[O-])cc2)c2ccccc12.CC(=O)O/N=C(\c1ccccc1)c1cn(C)c2ccc(CCO)cc12.CCCCCC/C(=N\OC(C)=O)c1cn(-c2ccccc2)c2ccccc12.[C-]#[N+]c1ccc2c(c1)c(/C(C)=N/OC(C)=O)cn2C. The van der Waals surface area contributed by atoms with E-state index >= 15 is 0 Å². The molecule has 0 spiro atoms. The summed E-state index contributed by atoms with van der Waals surface area (Å²) in [5, 5.41) is 39.6. The number of Topliss-reactive ketones (excluding diaryl/α,β-unsaturated/α-hetero) is 1. The third-order valence-electron chi connectivity index (χ3n) is 15.7. The van der Waals surface area contributed by atoms with Gasteiger partial charge in [-0.05, 0) is 112 Å². The summed E-state index contributed by atoms with van der Waals surface area (Å²) < 4.78 is 7.98. The highest BCUT2D eigenvalue weighted by Gasteiger charge is 2.24. The number of aliphatic hydroxyl groups excluding tert-OH is 1. The Labute approximate surface area is 572 Å². The van der Waals surface area contributed by atoms with Crippen LogP contribution in [0.1, 0.15) is 124 Å². The van der Waals surface area contributed by atoms with Crippen LogP contribution in [-0.2, 0) is 59.0 Å². The first kappa shape index (κ1) is 72.6. The molecule has 0 radical (unpaired) electrons. The average Bonchev–Trinajstić information content (AvgIpc) is 1.62. The van der Waals surface area contributed by atoms with Gasteiger partial charge in [0.1, 0.15) is 11.4 Å². The zero-order chi connectivity index (χ0) is 71.3. The first-order valence-corrected chi connectivity index (χ1v) is 31.9. The number of hydrogen-bond acceptors (Lipinski definition) is 16. The summed E-state index contributed by atoms with van der Waals surface area (Å²) in [5.74, 6) is -2.29. The minimum atomic E-state index is -0.614. The van der Waals surface area contributed by atoms with Crippen molar-refractivity contribution >= 4 is 107 Å². The lowest BCUT2D eigenvalue weighted by Gasteiger charge is -2.08. The highest BCUT2D eigenvalue weighted by atomic mass is 16.7. The van der Waals surface area contributed by atoms with Crippen molar-refractivity contribution in [3.63, 3.8) is 0 Å². The van der Waals surface area contributed by atoms with Gasteiger partial charge in [-0.3, -0.25) is 14.9 Å². The number of fused-ring (bicyclic) bond motifs is 4. The molecular weight excluding hydrogens is 1260 g/mol. The minimum Gasteiger partial charge on any atom is -0.396 e. The molecule has 0 amide bonds. The lowest BCUT2D eigenvalue weighted by Crippen LogP contribution is -2.13. The van der Waals surface area contributed by atoms with E-state index in [1.807, 2.05) is 155 Å². The van der Waals surface area contributed by atoms with Gasteiger partial charge in [-0.1, -0.05) is 144 Å². The number of benzene rings is 7. The quantitative estimate of drug-likeness (QED) is 0.0142. The van der Waals surface area contributed by atoms with Crippen LogP contribution in [0.2, 0.25) is 0 Å². The standard InChI is InChI=1S/C23H26N2O2.C20H17N3O5.C20H20N2O3.C14H13N3O2/c1-3-4-5-9-15-22(24-27-18(2)26)21-17-25(19-12-7-6-8-13-19)23-16-11-10-14-20(21)23;1-12(21-28-14(3)24)20(25)19-13(2)22(18-7-5-4-6-17(18)19)15-8-10-16(11-9-15)23(26)27;1-14(24)25-21-20(16-6-4-3-5-7-16)18-13-22(2)19-9-8-15(10-11-23)12-17(18)19;1-9(16-19-10(2)18)13-8-17(4)14-6-5-11(15-3)7-12(13)14/h6-8,10-14,16-17H,3-5,9,15H2,1-2H3;4-11H,1-3H3;3-9,12-13,23H,10-11H2,1-2H3;5-8H,1-2,4H3/b24-22+;21-12+;21-20+;16-9+. The number of rotatable bonds is 20. The number of nitro groups is 1. The summed E-state index contributed by atoms with van der Waals surface area (Å²) >= 11 is 0. The van der Waals surface area contributed by atoms with Crippen LogP contribution in [0.25, 0.3) is 59.8 Å². The van der Waals surface area contributed by atoms with Crippen LogP contribution in [0.4, 0.5) is 11.4 Å². The lowest BCUT2D eigenvalue weighted by molar-refractivity contribution is -0.384. The monoisotopic (exact) mass is 1330 g/mol. The topological polar surface area (TPSA) is 259 Å². The maximum absolute atomic E-state index is 13.0. The summed E-state index contributed by atoms with van der Waals surface area (Å²) in [6.07, 6.45) is 11.9. The molecule has 0 aliphatic carbocycles. The Morgan fingerprint density at radius 1 is 0.556 bits per heavy atom. The Kier molecular flexibility index (Phi) is 25.3. The second kappa shape index (κ2) is 34.5. The smallest absolute Gasteiger partial charge is 0.332 e. The van der Waals surface area contributed by atoms with E-state index in [0.717, 1.165) is 96.7 Å². The lowest BCUT2D eigenvalue weighted by atomic mass is 10.00. The predicted octanol–water partition coefficient (Wildman–Crippen LogP) is 15.9. The van der Waals surface area contributed by atoms with Crippen LogP contribution in [-0.4, -0.2) is 87.4 Å². The van der Waals surface area contributed by atoms with Crippen molar-refractivity contribution in [2.45, 2.75) is 93.9 Å². The van der Waals surface area contributed by atoms with E-state index < -0.39 is 28.8 Å². The zero-order valence-electron chi connectivity index (χ0n) is 56.8. The van der Waals surface area contributed by atoms with E-state index in [1.54, 1.807) is 32.0 Å². The molecule has 7 aromatic carbocycles. The number of aromatic nitrogens is 4.